The van der Waals surface area contributed by atoms with E-state index >= 15 is 0 Å². The molecule has 0 rings (SSSR count). The zero-order valence-electron chi connectivity index (χ0n) is 38.7. The molecule has 0 saturated heterocycles. The molecule has 0 heterocycles. The highest BCUT2D eigenvalue weighted by Crippen LogP contribution is 2.38. The minimum atomic E-state index is -4.62. The number of nitrogens with one attached hydrogen (secondary N) is 1. The summed E-state index contributed by atoms with van der Waals surface area (Å²) in [5.74, 6) is -0.264. The first-order valence-electron chi connectivity index (χ1n) is 23.8. The van der Waals surface area contributed by atoms with Crippen molar-refractivity contribution in [3.8, 4) is 0 Å². The zero-order valence-corrected chi connectivity index (χ0v) is 39.6. The normalized spacial score (nSPS) is 14.9. The van der Waals surface area contributed by atoms with Crippen LogP contribution in [0.25, 0.3) is 0 Å². The second kappa shape index (κ2) is 41.3. The van der Waals surface area contributed by atoms with Gasteiger partial charge in [-0.25, -0.2) is 0 Å². The van der Waals surface area contributed by atoms with Crippen molar-refractivity contribution < 1.29 is 32.9 Å². The zero-order chi connectivity index (χ0) is 43.6. The largest absolute Gasteiger partial charge is 0.756 e. The Balaban J connectivity index is 4.54. The summed E-state index contributed by atoms with van der Waals surface area (Å²) in [6, 6.07) is -0.935. The van der Waals surface area contributed by atoms with E-state index in [1.165, 1.54) is 116 Å². The van der Waals surface area contributed by atoms with Crippen LogP contribution in [0, 0.1) is 0 Å². The van der Waals surface area contributed by atoms with Gasteiger partial charge in [-0.05, 0) is 70.6 Å². The minimum Gasteiger partial charge on any atom is -0.756 e. The lowest BCUT2D eigenvalue weighted by atomic mass is 10.1. The summed E-state index contributed by atoms with van der Waals surface area (Å²) in [6.07, 6.45) is 55.4. The molecule has 1 unspecified atom stereocenters. The predicted octanol–water partition coefficient (Wildman–Crippen LogP) is 12.9. The summed E-state index contributed by atoms with van der Waals surface area (Å²) >= 11 is 0. The van der Waals surface area contributed by atoms with Crippen LogP contribution >= 0.6 is 7.82 Å². The van der Waals surface area contributed by atoms with Crippen molar-refractivity contribution in [3.63, 3.8) is 0 Å². The number of quaternary nitrogens is 1. The minimum absolute atomic E-state index is 0.0197. The first-order chi connectivity index (χ1) is 28.5. The average molecular weight is 847 g/mol. The van der Waals surface area contributed by atoms with Gasteiger partial charge in [-0.1, -0.05) is 183 Å². The maximum Gasteiger partial charge on any atom is 0.268 e. The van der Waals surface area contributed by atoms with Gasteiger partial charge in [0.05, 0.1) is 39.9 Å². The van der Waals surface area contributed by atoms with Crippen molar-refractivity contribution in [2.24, 2.45) is 0 Å². The highest BCUT2D eigenvalue weighted by molar-refractivity contribution is 7.45. The molecular weight excluding hydrogens is 756 g/mol. The van der Waals surface area contributed by atoms with Crippen molar-refractivity contribution >= 4 is 13.7 Å². The summed E-state index contributed by atoms with van der Waals surface area (Å²) in [5.41, 5.74) is 0. The van der Waals surface area contributed by atoms with E-state index in [4.69, 9.17) is 9.05 Å². The summed E-state index contributed by atoms with van der Waals surface area (Å²) in [7, 11) is 1.20. The van der Waals surface area contributed by atoms with Crippen LogP contribution in [0.2, 0.25) is 0 Å². The number of aliphatic hydroxyl groups is 1. The van der Waals surface area contributed by atoms with Crippen LogP contribution in [0.1, 0.15) is 187 Å². The lowest BCUT2D eigenvalue weighted by Gasteiger charge is -2.29. The molecule has 0 aliphatic heterocycles. The highest BCUT2D eigenvalue weighted by Gasteiger charge is 2.23. The van der Waals surface area contributed by atoms with Gasteiger partial charge >= 0.3 is 0 Å². The molecule has 0 aromatic heterocycles. The third-order valence-corrected chi connectivity index (χ3v) is 11.1. The first-order valence-corrected chi connectivity index (χ1v) is 25.3. The fourth-order valence-electron chi connectivity index (χ4n) is 6.34. The van der Waals surface area contributed by atoms with E-state index in [-0.39, 0.29) is 18.9 Å². The van der Waals surface area contributed by atoms with E-state index in [1.807, 2.05) is 27.2 Å². The second-order valence-electron chi connectivity index (χ2n) is 17.1. The Morgan fingerprint density at radius 3 is 1.49 bits per heavy atom. The summed E-state index contributed by atoms with van der Waals surface area (Å²) < 4.78 is 23.2. The van der Waals surface area contributed by atoms with E-state index in [1.54, 1.807) is 6.08 Å². The van der Waals surface area contributed by atoms with E-state index < -0.39 is 26.6 Å². The summed E-state index contributed by atoms with van der Waals surface area (Å²) in [5, 5.41) is 13.7. The summed E-state index contributed by atoms with van der Waals surface area (Å²) in [4.78, 5) is 25.3. The number of nitrogens with zero attached hydrogens (tertiary/aromatic N) is 1. The van der Waals surface area contributed by atoms with Crippen molar-refractivity contribution in [3.05, 3.63) is 72.9 Å². The Bertz CT molecular complexity index is 1190. The molecule has 2 N–H and O–H groups in total. The fourth-order valence-corrected chi connectivity index (χ4v) is 7.06. The van der Waals surface area contributed by atoms with Crippen LogP contribution in [-0.2, 0) is 18.4 Å². The number of carbonyl (C=O) groups excluding carboxylic acids is 1. The van der Waals surface area contributed by atoms with Crippen LogP contribution in [-0.4, -0.2) is 68.5 Å². The molecule has 8 nitrogen and oxygen atoms in total. The van der Waals surface area contributed by atoms with Gasteiger partial charge in [0.1, 0.15) is 13.2 Å². The second-order valence-corrected chi connectivity index (χ2v) is 18.5. The molecule has 9 heteroatoms. The monoisotopic (exact) mass is 847 g/mol. The molecule has 342 valence electrons. The Morgan fingerprint density at radius 2 is 1.00 bits per heavy atom. The molecule has 0 radical (unpaired) electrons. The van der Waals surface area contributed by atoms with Gasteiger partial charge in [0.25, 0.3) is 7.82 Å². The van der Waals surface area contributed by atoms with Gasteiger partial charge in [0.2, 0.25) is 5.91 Å². The molecule has 0 aliphatic rings. The summed E-state index contributed by atoms with van der Waals surface area (Å²) in [6.45, 7) is 4.56. The van der Waals surface area contributed by atoms with Crippen LogP contribution in [0.5, 0.6) is 0 Å². The van der Waals surface area contributed by atoms with Gasteiger partial charge in [-0.15, -0.1) is 0 Å². The van der Waals surface area contributed by atoms with Crippen molar-refractivity contribution in [2.45, 2.75) is 199 Å². The number of hydrogen-bond donors (Lipinski definition) is 2. The average Bonchev–Trinajstić information content (AvgIpc) is 3.19. The predicted molar refractivity (Wildman–Crippen MR) is 251 cm³/mol. The molecule has 3 atom stereocenters. The highest BCUT2D eigenvalue weighted by atomic mass is 31.2. The molecule has 0 fully saturated rings. The van der Waals surface area contributed by atoms with Crippen LogP contribution < -0.4 is 10.2 Å². The molecule has 59 heavy (non-hydrogen) atoms. The van der Waals surface area contributed by atoms with Gasteiger partial charge in [0, 0.05) is 6.42 Å². The first kappa shape index (κ1) is 56.9. The third-order valence-electron chi connectivity index (χ3n) is 10.1. The Labute approximate surface area is 364 Å². The van der Waals surface area contributed by atoms with E-state index in [0.29, 0.717) is 17.4 Å². The molecule has 0 spiro atoms. The van der Waals surface area contributed by atoms with Crippen LogP contribution in [0.4, 0.5) is 0 Å². The number of phosphoric ester groups is 1. The number of carbonyl (C=O) groups is 1. The molecule has 0 aromatic carbocycles. The SMILES string of the molecule is CCCCCCCCC/C=C/C/C=C/C/C=C/C/C=C/CCCC(=O)N[C@@H](COP(=O)([O-])OCC[N+](C)(C)C)[C@H](O)/C=C/CC/C=C/CCCCCCCCCCCC. The Hall–Kier alpha value is -2.06. The molecular formula is C50H91N2O6P. The molecule has 1 amide bonds. The number of unbranched alkanes of at least 4 members (excludes halogenated alkanes) is 19. The number of likely N-dealkylation sites (N-methyl/N-ethyl adjacent to an activating group) is 1. The quantitative estimate of drug-likeness (QED) is 0.0274. The smallest absolute Gasteiger partial charge is 0.268 e. The van der Waals surface area contributed by atoms with Crippen molar-refractivity contribution in [1.82, 2.24) is 5.32 Å². The van der Waals surface area contributed by atoms with E-state index in [9.17, 15) is 19.4 Å². The van der Waals surface area contributed by atoms with Gasteiger partial charge < -0.3 is 28.8 Å². The lowest BCUT2D eigenvalue weighted by Crippen LogP contribution is -2.45. The third kappa shape index (κ3) is 43.8. The topological polar surface area (TPSA) is 108 Å². The van der Waals surface area contributed by atoms with E-state index in [0.717, 1.165) is 44.9 Å². The van der Waals surface area contributed by atoms with Crippen molar-refractivity contribution in [2.75, 3.05) is 40.9 Å². The fraction of sp³-hybridized carbons (Fsp3) is 0.740. The number of hydrogen-bond acceptors (Lipinski definition) is 6. The maximum absolute atomic E-state index is 12.9. The molecule has 0 aromatic rings. The molecule has 0 aliphatic carbocycles. The Morgan fingerprint density at radius 1 is 0.593 bits per heavy atom. The lowest BCUT2D eigenvalue weighted by molar-refractivity contribution is -0.870. The van der Waals surface area contributed by atoms with Crippen LogP contribution in [0.3, 0.4) is 0 Å². The number of allylic oxidation sites excluding steroid dienone is 11. The number of amides is 1. The molecule has 0 saturated carbocycles. The number of rotatable bonds is 42. The van der Waals surface area contributed by atoms with Gasteiger partial charge in [0.15, 0.2) is 0 Å². The van der Waals surface area contributed by atoms with E-state index in [2.05, 4.69) is 79.9 Å². The maximum atomic E-state index is 12.9. The van der Waals surface area contributed by atoms with Gasteiger partial charge in [-0.2, -0.15) is 0 Å². The van der Waals surface area contributed by atoms with Crippen molar-refractivity contribution in [1.29, 1.82) is 0 Å². The standard InChI is InChI=1S/C50H91N2O6P/c1-6-8-10-12-14-16-18-20-22-24-25-26-27-28-30-32-34-36-38-40-42-44-50(54)51-48(47-58-59(55,56)57-46-45-52(3,4)5)49(53)43-41-39-37-35-33-31-29-23-21-19-17-15-13-11-9-7-2/h22,24,26-27,30,32-33,35-36,38,41,43,48-49,53H,6-21,23,25,28-29,31,34,37,39-40,42,44-47H2,1-5H3,(H-,51,54,55,56)/b24-22+,27-26+,32-30+,35-33+,38-36+,43-41+/t48-,49+/m0/s1. The Kier molecular flexibility index (Phi) is 39.9. The molecule has 0 bridgehead atoms. The number of aliphatic hydroxyl groups excluding tert-OH is 1. The number of phosphoric acid groups is 1. The van der Waals surface area contributed by atoms with Gasteiger partial charge in [-0.3, -0.25) is 9.36 Å². The van der Waals surface area contributed by atoms with Crippen LogP contribution in [0.15, 0.2) is 72.9 Å².